The lowest BCUT2D eigenvalue weighted by Crippen LogP contribution is -2.30. The van der Waals surface area contributed by atoms with Crippen LogP contribution in [-0.2, 0) is 17.9 Å². The third-order valence-electron chi connectivity index (χ3n) is 4.49. The van der Waals surface area contributed by atoms with Gasteiger partial charge in [-0.3, -0.25) is 4.79 Å². The van der Waals surface area contributed by atoms with E-state index in [1.54, 1.807) is 0 Å². The summed E-state index contributed by atoms with van der Waals surface area (Å²) >= 11 is 1.45. The van der Waals surface area contributed by atoms with Crippen LogP contribution < -0.4 is 14.8 Å². The largest absolute Gasteiger partial charge is 0.454 e. The van der Waals surface area contributed by atoms with Gasteiger partial charge in [0.25, 0.3) is 0 Å². The Kier molecular flexibility index (Phi) is 5.25. The first-order valence-corrected chi connectivity index (χ1v) is 9.92. The van der Waals surface area contributed by atoms with E-state index in [0.717, 1.165) is 27.5 Å². The number of nitrogens with zero attached hydrogens (tertiary/aromatic N) is 2. The van der Waals surface area contributed by atoms with Crippen LogP contribution in [0.25, 0.3) is 11.0 Å². The fraction of sp³-hybridized carbons (Fsp3) is 0.238. The van der Waals surface area contributed by atoms with Gasteiger partial charge in [-0.1, -0.05) is 36.0 Å². The Morgan fingerprint density at radius 3 is 3.00 bits per heavy atom. The molecule has 4 rings (SSSR count). The van der Waals surface area contributed by atoms with E-state index in [1.165, 1.54) is 11.8 Å². The van der Waals surface area contributed by atoms with E-state index < -0.39 is 0 Å². The van der Waals surface area contributed by atoms with Crippen molar-refractivity contribution < 1.29 is 14.3 Å². The van der Waals surface area contributed by atoms with Crippen molar-refractivity contribution >= 4 is 28.7 Å². The van der Waals surface area contributed by atoms with Crippen molar-refractivity contribution in [2.45, 2.75) is 30.4 Å². The van der Waals surface area contributed by atoms with Crippen LogP contribution in [0.4, 0.5) is 0 Å². The molecule has 28 heavy (non-hydrogen) atoms. The second kappa shape index (κ2) is 7.98. The second-order valence-corrected chi connectivity index (χ2v) is 7.76. The molecular formula is C21H21N3O3S. The number of imidazole rings is 1. The average Bonchev–Trinajstić information content (AvgIpc) is 3.31. The summed E-state index contributed by atoms with van der Waals surface area (Å²) in [7, 11) is 0. The van der Waals surface area contributed by atoms with Gasteiger partial charge >= 0.3 is 0 Å². The lowest BCUT2D eigenvalue weighted by molar-refractivity contribution is -0.120. The summed E-state index contributed by atoms with van der Waals surface area (Å²) in [6.45, 7) is 7.04. The Bertz CT molecular complexity index is 1030. The number of carbonyl (C=O) groups excluding carboxylic acids is 1. The highest BCUT2D eigenvalue weighted by molar-refractivity contribution is 8.00. The number of nitrogens with one attached hydrogen (secondary N) is 1. The molecule has 2 aromatic carbocycles. The number of ether oxygens (including phenoxy) is 2. The van der Waals surface area contributed by atoms with Gasteiger partial charge in [-0.25, -0.2) is 4.98 Å². The minimum Gasteiger partial charge on any atom is -0.454 e. The van der Waals surface area contributed by atoms with Gasteiger partial charge in [0.15, 0.2) is 16.7 Å². The predicted octanol–water partition coefficient (Wildman–Crippen LogP) is 3.75. The fourth-order valence-electron chi connectivity index (χ4n) is 3.04. The van der Waals surface area contributed by atoms with Crippen LogP contribution in [0.2, 0.25) is 0 Å². The van der Waals surface area contributed by atoms with Crippen molar-refractivity contribution in [2.75, 3.05) is 6.79 Å². The number of carbonyl (C=O) groups is 1. The fourth-order valence-corrected chi connectivity index (χ4v) is 4.00. The van der Waals surface area contributed by atoms with E-state index >= 15 is 0 Å². The molecule has 144 valence electrons. The van der Waals surface area contributed by atoms with Crippen molar-refractivity contribution in [3.05, 3.63) is 60.7 Å². The summed E-state index contributed by atoms with van der Waals surface area (Å²) in [4.78, 5) is 17.3. The summed E-state index contributed by atoms with van der Waals surface area (Å²) in [5, 5.41) is 3.51. The van der Waals surface area contributed by atoms with E-state index in [0.29, 0.717) is 18.8 Å². The molecule has 0 bridgehead atoms. The topological polar surface area (TPSA) is 65.4 Å². The van der Waals surface area contributed by atoms with Crippen molar-refractivity contribution in [2.24, 2.45) is 0 Å². The summed E-state index contributed by atoms with van der Waals surface area (Å²) in [6, 6.07) is 13.6. The SMILES string of the molecule is C=CCn1c(S[C@H](C)C(=O)NCc2ccc3c(c2)OCO3)nc2ccccc21. The molecule has 1 aliphatic rings. The number of amides is 1. The molecule has 0 radical (unpaired) electrons. The first kappa shape index (κ1) is 18.4. The maximum atomic E-state index is 12.6. The third-order valence-corrected chi connectivity index (χ3v) is 5.58. The first-order valence-electron chi connectivity index (χ1n) is 9.05. The molecule has 1 amide bonds. The number of rotatable bonds is 7. The number of allylic oxidation sites excluding steroid dienone is 1. The molecule has 0 saturated carbocycles. The molecule has 6 nitrogen and oxygen atoms in total. The van der Waals surface area contributed by atoms with Gasteiger partial charge in [-0.15, -0.1) is 6.58 Å². The van der Waals surface area contributed by atoms with Crippen LogP contribution in [0.5, 0.6) is 11.5 Å². The Morgan fingerprint density at radius 2 is 2.14 bits per heavy atom. The molecule has 1 atom stereocenters. The second-order valence-electron chi connectivity index (χ2n) is 6.45. The molecule has 0 fully saturated rings. The zero-order valence-electron chi connectivity index (χ0n) is 15.6. The number of hydrogen-bond donors (Lipinski definition) is 1. The highest BCUT2D eigenvalue weighted by Crippen LogP contribution is 2.32. The molecule has 1 aromatic heterocycles. The van der Waals surface area contributed by atoms with E-state index in [-0.39, 0.29) is 18.0 Å². The van der Waals surface area contributed by atoms with Gasteiger partial charge < -0.3 is 19.4 Å². The summed E-state index contributed by atoms with van der Waals surface area (Å²) in [5.41, 5.74) is 2.92. The zero-order valence-corrected chi connectivity index (χ0v) is 16.4. The van der Waals surface area contributed by atoms with Crippen LogP contribution in [0.1, 0.15) is 12.5 Å². The van der Waals surface area contributed by atoms with Crippen LogP contribution in [0.15, 0.2) is 60.3 Å². The number of fused-ring (bicyclic) bond motifs is 2. The molecule has 7 heteroatoms. The van der Waals surface area contributed by atoms with Crippen molar-refractivity contribution in [3.8, 4) is 11.5 Å². The molecule has 3 aromatic rings. The quantitative estimate of drug-likeness (QED) is 0.488. The lowest BCUT2D eigenvalue weighted by Gasteiger charge is -2.13. The van der Waals surface area contributed by atoms with Gasteiger partial charge in [0.05, 0.1) is 16.3 Å². The van der Waals surface area contributed by atoms with Crippen molar-refractivity contribution in [1.29, 1.82) is 0 Å². The van der Waals surface area contributed by atoms with Gasteiger partial charge in [0, 0.05) is 13.1 Å². The maximum Gasteiger partial charge on any atom is 0.233 e. The Hall–Kier alpha value is -2.93. The molecule has 0 unspecified atom stereocenters. The van der Waals surface area contributed by atoms with Gasteiger partial charge in [-0.2, -0.15) is 0 Å². The molecule has 0 spiro atoms. The normalized spacial score (nSPS) is 13.5. The van der Waals surface area contributed by atoms with Gasteiger partial charge in [0.1, 0.15) is 0 Å². The highest BCUT2D eigenvalue weighted by atomic mass is 32.2. The standard InChI is InChI=1S/C21H21N3O3S/c1-3-10-24-17-7-5-4-6-16(17)23-21(24)28-14(2)20(25)22-12-15-8-9-18-19(11-15)27-13-26-18/h3-9,11,14H,1,10,12-13H2,2H3,(H,22,25)/t14-/m1/s1. The van der Waals surface area contributed by atoms with Crippen LogP contribution in [0, 0.1) is 0 Å². The smallest absolute Gasteiger partial charge is 0.233 e. The number of thioether (sulfide) groups is 1. The first-order chi connectivity index (χ1) is 13.7. The number of para-hydroxylation sites is 2. The molecule has 1 aliphatic heterocycles. The van der Waals surface area contributed by atoms with Crippen LogP contribution in [-0.4, -0.2) is 27.5 Å². The average molecular weight is 395 g/mol. The zero-order chi connectivity index (χ0) is 19.5. The van der Waals surface area contributed by atoms with Crippen molar-refractivity contribution in [3.63, 3.8) is 0 Å². The molecule has 0 saturated heterocycles. The molecular weight excluding hydrogens is 374 g/mol. The van der Waals surface area contributed by atoms with Gasteiger partial charge in [-0.05, 0) is 36.8 Å². The van der Waals surface area contributed by atoms with Gasteiger partial charge in [0.2, 0.25) is 12.7 Å². The molecule has 1 N–H and O–H groups in total. The van der Waals surface area contributed by atoms with E-state index in [4.69, 9.17) is 9.47 Å². The Balaban J connectivity index is 1.42. The van der Waals surface area contributed by atoms with Crippen molar-refractivity contribution in [1.82, 2.24) is 14.9 Å². The minimum atomic E-state index is -0.283. The molecule has 2 heterocycles. The molecule has 0 aliphatic carbocycles. The lowest BCUT2D eigenvalue weighted by atomic mass is 10.2. The summed E-state index contributed by atoms with van der Waals surface area (Å²) in [6.07, 6.45) is 1.84. The summed E-state index contributed by atoms with van der Waals surface area (Å²) < 4.78 is 12.8. The summed E-state index contributed by atoms with van der Waals surface area (Å²) in [5.74, 6) is 1.41. The number of hydrogen-bond acceptors (Lipinski definition) is 5. The van der Waals surface area contributed by atoms with Crippen LogP contribution >= 0.6 is 11.8 Å². The Labute approximate surface area is 167 Å². The highest BCUT2D eigenvalue weighted by Gasteiger charge is 2.19. The maximum absolute atomic E-state index is 12.6. The van der Waals surface area contributed by atoms with Crippen LogP contribution in [0.3, 0.4) is 0 Å². The van der Waals surface area contributed by atoms with E-state index in [9.17, 15) is 4.79 Å². The minimum absolute atomic E-state index is 0.0418. The predicted molar refractivity (Wildman–Crippen MR) is 110 cm³/mol. The third kappa shape index (κ3) is 3.71. The number of benzene rings is 2. The Morgan fingerprint density at radius 1 is 1.32 bits per heavy atom. The van der Waals surface area contributed by atoms with E-state index in [2.05, 4.69) is 21.4 Å². The number of aromatic nitrogens is 2. The van der Waals surface area contributed by atoms with E-state index in [1.807, 2.05) is 55.5 Å². The monoisotopic (exact) mass is 395 g/mol.